The first kappa shape index (κ1) is 13.9. The Labute approximate surface area is 123 Å². The van der Waals surface area contributed by atoms with E-state index in [1.807, 2.05) is 0 Å². The average molecular weight is 294 g/mol. The predicted molar refractivity (Wildman–Crippen MR) is 81.5 cm³/mol. The molecule has 2 N–H and O–H groups in total. The minimum atomic E-state index is -0.664. The summed E-state index contributed by atoms with van der Waals surface area (Å²) in [4.78, 5) is 13.6. The van der Waals surface area contributed by atoms with Crippen molar-refractivity contribution < 1.29 is 9.90 Å². The molecular formula is C15H22N2O2S. The molecule has 0 radical (unpaired) electrons. The summed E-state index contributed by atoms with van der Waals surface area (Å²) in [6, 6.07) is 2.98. The molecule has 0 spiro atoms. The lowest BCUT2D eigenvalue weighted by atomic mass is 9.93. The van der Waals surface area contributed by atoms with Crippen LogP contribution in [0.3, 0.4) is 0 Å². The molecule has 5 heteroatoms. The molecule has 1 aliphatic carbocycles. The van der Waals surface area contributed by atoms with Crippen molar-refractivity contribution in [2.45, 2.75) is 44.2 Å². The van der Waals surface area contributed by atoms with Gasteiger partial charge in [0.05, 0.1) is 5.92 Å². The zero-order valence-corrected chi connectivity index (χ0v) is 12.4. The van der Waals surface area contributed by atoms with Gasteiger partial charge in [0, 0.05) is 36.2 Å². The third-order valence-electron chi connectivity index (χ3n) is 4.50. The van der Waals surface area contributed by atoms with Gasteiger partial charge in [-0.3, -0.25) is 4.79 Å². The Balaban J connectivity index is 1.68. The number of carboxylic acids is 1. The van der Waals surface area contributed by atoms with E-state index in [0.717, 1.165) is 13.0 Å². The molecule has 20 heavy (non-hydrogen) atoms. The third kappa shape index (κ3) is 3.15. The van der Waals surface area contributed by atoms with Gasteiger partial charge >= 0.3 is 5.97 Å². The first-order valence-electron chi connectivity index (χ1n) is 7.48. The van der Waals surface area contributed by atoms with Gasteiger partial charge in [-0.1, -0.05) is 12.8 Å². The lowest BCUT2D eigenvalue weighted by molar-refractivity contribution is -0.142. The topological polar surface area (TPSA) is 52.6 Å². The standard InChI is InChI=1S/C15H22N2O2S/c18-15(19)11-7-13(16-12-3-1-2-4-12)9-17(8-11)14-5-6-20-10-14/h5-6,10-13,16H,1-4,7-9H2,(H,18,19). The molecule has 4 nitrogen and oxygen atoms in total. The highest BCUT2D eigenvalue weighted by atomic mass is 32.1. The Bertz CT molecular complexity index is 443. The summed E-state index contributed by atoms with van der Waals surface area (Å²) in [5.74, 6) is -0.925. The first-order chi connectivity index (χ1) is 9.72. The Morgan fingerprint density at radius 3 is 2.75 bits per heavy atom. The monoisotopic (exact) mass is 294 g/mol. The summed E-state index contributed by atoms with van der Waals surface area (Å²) >= 11 is 1.67. The minimum absolute atomic E-state index is 0.262. The van der Waals surface area contributed by atoms with Gasteiger partial charge in [0.2, 0.25) is 0 Å². The van der Waals surface area contributed by atoms with Gasteiger partial charge < -0.3 is 15.3 Å². The SMILES string of the molecule is O=C(O)C1CC(NC2CCCC2)CN(c2ccsc2)C1. The van der Waals surface area contributed by atoms with Crippen LogP contribution in [-0.4, -0.2) is 36.2 Å². The highest BCUT2D eigenvalue weighted by Gasteiger charge is 2.33. The molecule has 2 unspecified atom stereocenters. The summed E-state index contributed by atoms with van der Waals surface area (Å²) in [6.07, 6.45) is 5.85. The Kier molecular flexibility index (Phi) is 4.27. The number of piperidine rings is 1. The van der Waals surface area contributed by atoms with E-state index in [0.29, 0.717) is 18.6 Å². The fourth-order valence-electron chi connectivity index (χ4n) is 3.47. The molecular weight excluding hydrogens is 272 g/mol. The number of hydrogen-bond donors (Lipinski definition) is 2. The van der Waals surface area contributed by atoms with Crippen LogP contribution in [0.4, 0.5) is 5.69 Å². The molecule has 0 bridgehead atoms. The minimum Gasteiger partial charge on any atom is -0.481 e. The highest BCUT2D eigenvalue weighted by molar-refractivity contribution is 7.08. The maximum atomic E-state index is 11.4. The molecule has 110 valence electrons. The van der Waals surface area contributed by atoms with E-state index >= 15 is 0 Å². The first-order valence-corrected chi connectivity index (χ1v) is 8.42. The molecule has 2 fully saturated rings. The van der Waals surface area contributed by atoms with E-state index in [4.69, 9.17) is 0 Å². The number of aliphatic carboxylic acids is 1. The van der Waals surface area contributed by atoms with Crippen LogP contribution < -0.4 is 10.2 Å². The molecule has 2 atom stereocenters. The summed E-state index contributed by atoms with van der Waals surface area (Å²) in [6.45, 7) is 1.56. The number of carboxylic acid groups (broad SMARTS) is 1. The number of nitrogens with one attached hydrogen (secondary N) is 1. The Hall–Kier alpha value is -1.07. The van der Waals surface area contributed by atoms with Crippen LogP contribution >= 0.6 is 11.3 Å². The van der Waals surface area contributed by atoms with E-state index in [1.54, 1.807) is 11.3 Å². The van der Waals surface area contributed by atoms with Crippen LogP contribution in [0.5, 0.6) is 0 Å². The van der Waals surface area contributed by atoms with Gasteiger partial charge in [-0.05, 0) is 30.7 Å². The van der Waals surface area contributed by atoms with Crippen LogP contribution in [-0.2, 0) is 4.79 Å². The second-order valence-corrected chi connectivity index (χ2v) is 6.78. The quantitative estimate of drug-likeness (QED) is 0.896. The lowest BCUT2D eigenvalue weighted by Crippen LogP contribution is -2.53. The summed E-state index contributed by atoms with van der Waals surface area (Å²) in [7, 11) is 0. The molecule has 1 aliphatic heterocycles. The van der Waals surface area contributed by atoms with Gasteiger partial charge in [-0.2, -0.15) is 11.3 Å². The average Bonchev–Trinajstić information content (AvgIpc) is 3.11. The van der Waals surface area contributed by atoms with Crippen LogP contribution in [0, 0.1) is 5.92 Å². The zero-order valence-electron chi connectivity index (χ0n) is 11.6. The largest absolute Gasteiger partial charge is 0.481 e. The van der Waals surface area contributed by atoms with E-state index in [1.165, 1.54) is 31.4 Å². The van der Waals surface area contributed by atoms with Crippen LogP contribution in [0.15, 0.2) is 16.8 Å². The van der Waals surface area contributed by atoms with Crippen molar-refractivity contribution in [1.82, 2.24) is 5.32 Å². The summed E-state index contributed by atoms with van der Waals surface area (Å²) in [5.41, 5.74) is 1.17. The smallest absolute Gasteiger partial charge is 0.308 e. The zero-order chi connectivity index (χ0) is 13.9. The molecule has 1 saturated carbocycles. The molecule has 0 aromatic carbocycles. The number of thiophene rings is 1. The fraction of sp³-hybridized carbons (Fsp3) is 0.667. The maximum absolute atomic E-state index is 11.4. The van der Waals surface area contributed by atoms with E-state index in [9.17, 15) is 9.90 Å². The number of hydrogen-bond acceptors (Lipinski definition) is 4. The number of carbonyl (C=O) groups is 1. The van der Waals surface area contributed by atoms with E-state index < -0.39 is 5.97 Å². The van der Waals surface area contributed by atoms with Gasteiger partial charge in [0.15, 0.2) is 0 Å². The van der Waals surface area contributed by atoms with Crippen LogP contribution in [0.2, 0.25) is 0 Å². The van der Waals surface area contributed by atoms with Crippen molar-refractivity contribution >= 4 is 23.0 Å². The molecule has 1 aromatic heterocycles. The van der Waals surface area contributed by atoms with E-state index in [-0.39, 0.29) is 5.92 Å². The van der Waals surface area contributed by atoms with Gasteiger partial charge in [-0.15, -0.1) is 0 Å². The molecule has 1 saturated heterocycles. The molecule has 1 aromatic rings. The van der Waals surface area contributed by atoms with Crippen molar-refractivity contribution in [3.05, 3.63) is 16.8 Å². The molecule has 3 rings (SSSR count). The maximum Gasteiger partial charge on any atom is 0.308 e. The lowest BCUT2D eigenvalue weighted by Gasteiger charge is -2.38. The number of rotatable bonds is 4. The van der Waals surface area contributed by atoms with Crippen molar-refractivity contribution in [3.63, 3.8) is 0 Å². The molecule has 2 heterocycles. The van der Waals surface area contributed by atoms with Crippen molar-refractivity contribution in [2.75, 3.05) is 18.0 Å². The Morgan fingerprint density at radius 1 is 1.30 bits per heavy atom. The Morgan fingerprint density at radius 2 is 2.10 bits per heavy atom. The van der Waals surface area contributed by atoms with Crippen molar-refractivity contribution in [2.24, 2.45) is 5.92 Å². The molecule has 2 aliphatic rings. The molecule has 0 amide bonds. The fourth-order valence-corrected chi connectivity index (χ4v) is 4.14. The second kappa shape index (κ2) is 6.14. The highest BCUT2D eigenvalue weighted by Crippen LogP contribution is 2.27. The number of anilines is 1. The predicted octanol–water partition coefficient (Wildman–Crippen LogP) is 2.56. The summed E-state index contributed by atoms with van der Waals surface area (Å²) in [5, 5.41) is 17.2. The van der Waals surface area contributed by atoms with Gasteiger partial charge in [0.25, 0.3) is 0 Å². The van der Waals surface area contributed by atoms with E-state index in [2.05, 4.69) is 27.0 Å². The normalized spacial score (nSPS) is 27.9. The van der Waals surface area contributed by atoms with Crippen molar-refractivity contribution in [3.8, 4) is 0 Å². The van der Waals surface area contributed by atoms with Crippen LogP contribution in [0.25, 0.3) is 0 Å². The number of nitrogens with zero attached hydrogens (tertiary/aromatic N) is 1. The third-order valence-corrected chi connectivity index (χ3v) is 5.17. The summed E-state index contributed by atoms with van der Waals surface area (Å²) < 4.78 is 0. The second-order valence-electron chi connectivity index (χ2n) is 6.00. The van der Waals surface area contributed by atoms with Crippen molar-refractivity contribution in [1.29, 1.82) is 0 Å². The van der Waals surface area contributed by atoms with Gasteiger partial charge in [-0.25, -0.2) is 0 Å². The van der Waals surface area contributed by atoms with Crippen LogP contribution in [0.1, 0.15) is 32.1 Å². The van der Waals surface area contributed by atoms with Gasteiger partial charge in [0.1, 0.15) is 0 Å².